The van der Waals surface area contributed by atoms with Crippen LogP contribution in [0.2, 0.25) is 0 Å². The monoisotopic (exact) mass is 811 g/mol. The number of fused-ring (bicyclic) bond motifs is 2. The zero-order chi connectivity index (χ0) is 39.9. The maximum atomic E-state index is 14.1. The molecule has 14 heteroatoms. The fourth-order valence-electron chi connectivity index (χ4n) is 6.97. The lowest BCUT2D eigenvalue weighted by molar-refractivity contribution is -0.435. The van der Waals surface area contributed by atoms with Crippen molar-refractivity contribution in [3.8, 4) is 0 Å². The lowest BCUT2D eigenvalue weighted by atomic mass is 9.89. The molecule has 2 atom stereocenters. The molecule has 0 saturated carbocycles. The highest BCUT2D eigenvalue weighted by Gasteiger charge is 2.56. The van der Waals surface area contributed by atoms with Gasteiger partial charge in [-0.05, 0) is 96.3 Å². The van der Waals surface area contributed by atoms with Gasteiger partial charge in [0.15, 0.2) is 4.58 Å². The predicted octanol–water partition coefficient (Wildman–Crippen LogP) is 9.19. The van der Waals surface area contributed by atoms with E-state index in [0.29, 0.717) is 29.8 Å². The maximum absolute atomic E-state index is 14.1. The minimum absolute atomic E-state index is 0.0791. The first kappa shape index (κ1) is 40.1. The Balaban J connectivity index is 1.60. The van der Waals surface area contributed by atoms with Gasteiger partial charge in [-0.25, -0.2) is 8.42 Å². The molecule has 0 N–H and O–H groups in total. The molecule has 0 bridgehead atoms. The van der Waals surface area contributed by atoms with E-state index in [0.717, 1.165) is 50.4 Å². The molecule has 6 rings (SSSR count). The summed E-state index contributed by atoms with van der Waals surface area (Å²) in [5.41, 5.74) is 1.58. The molecule has 2 radical (unpaired) electrons. The minimum atomic E-state index is -6.52. The van der Waals surface area contributed by atoms with Gasteiger partial charge in [0.2, 0.25) is 11.4 Å². The second-order valence-electron chi connectivity index (χ2n) is 13.1. The number of alkyl halides is 6. The molecule has 4 aromatic carbocycles. The largest absolute Gasteiger partial charge is 0.498 e. The number of sulfone groups is 1. The number of rotatable bonds is 10. The van der Waals surface area contributed by atoms with Crippen molar-refractivity contribution < 1.29 is 43.5 Å². The van der Waals surface area contributed by atoms with Gasteiger partial charge in [0.1, 0.15) is 16.1 Å². The Labute approximate surface area is 321 Å². The number of para-hydroxylation sites is 2. The third kappa shape index (κ3) is 7.94. The summed E-state index contributed by atoms with van der Waals surface area (Å²) in [6.45, 7) is 9.33. The van der Waals surface area contributed by atoms with E-state index in [1.807, 2.05) is 113 Å². The molecule has 1 heterocycles. The van der Waals surface area contributed by atoms with Gasteiger partial charge in [0.05, 0.1) is 17.2 Å². The topological polar surface area (TPSA) is 57.5 Å². The molecule has 0 saturated heterocycles. The van der Waals surface area contributed by atoms with Gasteiger partial charge in [-0.3, -0.25) is 4.21 Å². The van der Waals surface area contributed by atoms with E-state index in [4.69, 9.17) is 0 Å². The summed E-state index contributed by atoms with van der Waals surface area (Å²) in [4.78, 5) is 1.70. The van der Waals surface area contributed by atoms with Crippen molar-refractivity contribution in [2.45, 2.75) is 55.3 Å². The molecular weight excluding hydrogens is 775 g/mol. The SMILES string of the molecule is CCN(c1ccc2c(c1)[Si]C1=CC(=[N+](CC)c3ccccc3C)C=CC1=C2c1ccccc1S(=O)C(CC(F)(F)F)S(=O)(=O)C(F)(F)F)c1ccccc1C. The Morgan fingerprint density at radius 1 is 0.818 bits per heavy atom. The summed E-state index contributed by atoms with van der Waals surface area (Å²) in [6.07, 6.45) is -2.02. The summed E-state index contributed by atoms with van der Waals surface area (Å²) in [7, 11) is -9.73. The molecule has 2 aliphatic rings. The fraction of sp³-hybridized carbons (Fsp3) is 0.244. The van der Waals surface area contributed by atoms with Gasteiger partial charge in [-0.2, -0.15) is 30.9 Å². The Morgan fingerprint density at radius 3 is 2.11 bits per heavy atom. The van der Waals surface area contributed by atoms with Gasteiger partial charge in [-0.15, -0.1) is 0 Å². The van der Waals surface area contributed by atoms with Crippen molar-refractivity contribution >= 4 is 63.7 Å². The standard InChI is InChI=1S/C41H37F6N2O3S2Si/c1-5-48(33-16-10-7-13-26(33)3)28-19-21-31-36(23-28)55-37-24-29(49(6-2)34-17-11-8-14-27(34)4)20-22-32(37)39(31)30-15-9-12-18-35(30)53(50)38(25-40(42,43)44)54(51,52)41(45,46)47/h7-24,38H,5-6,25H2,1-4H3/q+1. The zero-order valence-corrected chi connectivity index (χ0v) is 32.9. The van der Waals surface area contributed by atoms with E-state index in [2.05, 4.69) is 9.48 Å². The quantitative estimate of drug-likeness (QED) is 0.0912. The maximum Gasteiger partial charge on any atom is 0.498 e. The summed E-state index contributed by atoms with van der Waals surface area (Å²) >= 11 is 0. The number of nitrogens with zero attached hydrogens (tertiary/aromatic N) is 2. The van der Waals surface area contributed by atoms with Crippen LogP contribution in [0.4, 0.5) is 43.4 Å². The number of halogens is 6. The van der Waals surface area contributed by atoms with Crippen molar-refractivity contribution in [2.24, 2.45) is 0 Å². The highest BCUT2D eigenvalue weighted by Crippen LogP contribution is 2.42. The van der Waals surface area contributed by atoms with E-state index in [1.54, 1.807) is 0 Å². The summed E-state index contributed by atoms with van der Waals surface area (Å²) in [5.74, 6) is 0. The third-order valence-electron chi connectivity index (χ3n) is 9.56. The van der Waals surface area contributed by atoms with Crippen LogP contribution in [0, 0.1) is 13.8 Å². The highest BCUT2D eigenvalue weighted by atomic mass is 32.3. The van der Waals surface area contributed by atoms with E-state index in [1.165, 1.54) is 18.2 Å². The molecule has 55 heavy (non-hydrogen) atoms. The summed E-state index contributed by atoms with van der Waals surface area (Å²) in [5, 5.41) is 1.69. The molecule has 286 valence electrons. The van der Waals surface area contributed by atoms with E-state index in [-0.39, 0.29) is 15.1 Å². The number of hydrogen-bond donors (Lipinski definition) is 0. The lowest BCUT2D eigenvalue weighted by Gasteiger charge is -2.30. The van der Waals surface area contributed by atoms with Crippen LogP contribution in [0.5, 0.6) is 0 Å². The van der Waals surface area contributed by atoms with Crippen molar-refractivity contribution in [3.05, 3.63) is 142 Å². The number of benzene rings is 4. The molecule has 0 amide bonds. The third-order valence-corrected chi connectivity index (χ3v) is 15.1. The van der Waals surface area contributed by atoms with Gasteiger partial charge >= 0.3 is 11.7 Å². The van der Waals surface area contributed by atoms with Gasteiger partial charge in [0, 0.05) is 46.6 Å². The molecule has 5 nitrogen and oxygen atoms in total. The molecular formula is C41H37F6N2O3S2Si+. The lowest BCUT2D eigenvalue weighted by Crippen LogP contribution is -2.40. The Bertz CT molecular complexity index is 2420. The van der Waals surface area contributed by atoms with Crippen LogP contribution in [-0.2, 0) is 20.6 Å². The minimum Gasteiger partial charge on any atom is -0.342 e. The molecule has 0 fully saturated rings. The van der Waals surface area contributed by atoms with Gasteiger partial charge in [0.25, 0.3) is 9.84 Å². The molecule has 0 aromatic heterocycles. The number of aryl methyl sites for hydroxylation is 2. The summed E-state index contributed by atoms with van der Waals surface area (Å²) < 4.78 is 121. The first-order valence-corrected chi connectivity index (χ1v) is 21.2. The van der Waals surface area contributed by atoms with Crippen LogP contribution in [0.3, 0.4) is 0 Å². The van der Waals surface area contributed by atoms with E-state index >= 15 is 0 Å². The molecule has 1 aliphatic carbocycles. The highest BCUT2D eigenvalue weighted by molar-refractivity contribution is 8.06. The van der Waals surface area contributed by atoms with Crippen LogP contribution in [0.1, 0.15) is 42.5 Å². The molecule has 1 aliphatic heterocycles. The van der Waals surface area contributed by atoms with E-state index in [9.17, 15) is 39.0 Å². The number of hydrogen-bond acceptors (Lipinski definition) is 4. The average molecular weight is 812 g/mol. The van der Waals surface area contributed by atoms with Crippen LogP contribution < -0.4 is 10.1 Å². The smallest absolute Gasteiger partial charge is 0.342 e. The first-order chi connectivity index (χ1) is 26.0. The fourth-order valence-corrected chi connectivity index (χ4v) is 11.9. The Kier molecular flexibility index (Phi) is 11.3. The number of anilines is 2. The molecule has 4 aromatic rings. The Morgan fingerprint density at radius 2 is 1.47 bits per heavy atom. The van der Waals surface area contributed by atoms with Crippen molar-refractivity contribution in [2.75, 3.05) is 18.0 Å². The molecule has 0 spiro atoms. The zero-order valence-electron chi connectivity index (χ0n) is 30.3. The van der Waals surface area contributed by atoms with Crippen LogP contribution in [-0.4, -0.2) is 61.8 Å². The van der Waals surface area contributed by atoms with E-state index < -0.39 is 48.2 Å². The first-order valence-electron chi connectivity index (χ1n) is 17.4. The predicted molar refractivity (Wildman–Crippen MR) is 208 cm³/mol. The van der Waals surface area contributed by atoms with Gasteiger partial charge in [-0.1, -0.05) is 60.7 Å². The molecule has 2 unspecified atom stereocenters. The van der Waals surface area contributed by atoms with Crippen LogP contribution in [0.25, 0.3) is 5.57 Å². The average Bonchev–Trinajstić information content (AvgIpc) is 3.13. The number of allylic oxidation sites excluding steroid dienone is 5. The van der Waals surface area contributed by atoms with Crippen LogP contribution >= 0.6 is 0 Å². The second-order valence-corrected chi connectivity index (χ2v) is 18.4. The normalized spacial score (nSPS) is 16.6. The van der Waals surface area contributed by atoms with Crippen molar-refractivity contribution in [1.82, 2.24) is 0 Å². The van der Waals surface area contributed by atoms with Crippen molar-refractivity contribution in [1.29, 1.82) is 0 Å². The second kappa shape index (κ2) is 15.5. The summed E-state index contributed by atoms with van der Waals surface area (Å²) in [6, 6.07) is 27.1. The van der Waals surface area contributed by atoms with Crippen molar-refractivity contribution in [3.63, 3.8) is 0 Å². The Hall–Kier alpha value is -4.53. The van der Waals surface area contributed by atoms with Gasteiger partial charge < -0.3 is 4.90 Å². The van der Waals surface area contributed by atoms with Crippen LogP contribution in [0.15, 0.2) is 125 Å².